The summed E-state index contributed by atoms with van der Waals surface area (Å²) in [6.45, 7) is 2.90. The number of pyridine rings is 1. The van der Waals surface area contributed by atoms with Crippen LogP contribution in [-0.2, 0) is 10.0 Å². The highest BCUT2D eigenvalue weighted by Gasteiger charge is 2.27. The van der Waals surface area contributed by atoms with Crippen LogP contribution < -0.4 is 9.62 Å². The molecule has 1 saturated heterocycles. The van der Waals surface area contributed by atoms with Crippen molar-refractivity contribution in [3.63, 3.8) is 0 Å². The van der Waals surface area contributed by atoms with Crippen LogP contribution in [0.5, 0.6) is 0 Å². The van der Waals surface area contributed by atoms with Crippen LogP contribution in [-0.4, -0.2) is 43.2 Å². The SMILES string of the molecule is CCCS(=O)(=O)NC1CCN(c2ncccc2[N+](=O)[O-])CC1. The Bertz CT molecular complexity index is 627. The van der Waals surface area contributed by atoms with Gasteiger partial charge in [0.15, 0.2) is 0 Å². The minimum absolute atomic E-state index is 0.0208. The van der Waals surface area contributed by atoms with Crippen molar-refractivity contribution in [3.8, 4) is 0 Å². The van der Waals surface area contributed by atoms with Crippen molar-refractivity contribution in [1.29, 1.82) is 0 Å². The van der Waals surface area contributed by atoms with E-state index in [1.54, 1.807) is 0 Å². The van der Waals surface area contributed by atoms with Crippen molar-refractivity contribution < 1.29 is 13.3 Å². The number of hydrogen-bond acceptors (Lipinski definition) is 6. The number of nitro groups is 1. The molecule has 2 heterocycles. The molecular formula is C13H20N4O4S. The summed E-state index contributed by atoms with van der Waals surface area (Å²) in [5.41, 5.74) is -0.0208. The molecule has 0 radical (unpaired) electrons. The summed E-state index contributed by atoms with van der Waals surface area (Å²) in [4.78, 5) is 16.5. The summed E-state index contributed by atoms with van der Waals surface area (Å²) in [7, 11) is -3.23. The molecule has 0 amide bonds. The molecule has 1 aromatic rings. The number of aromatic nitrogens is 1. The molecule has 22 heavy (non-hydrogen) atoms. The monoisotopic (exact) mass is 328 g/mol. The predicted molar refractivity (Wildman–Crippen MR) is 83.3 cm³/mol. The molecule has 8 nitrogen and oxygen atoms in total. The molecule has 2 rings (SSSR count). The Balaban J connectivity index is 2.00. The molecule has 122 valence electrons. The van der Waals surface area contributed by atoms with Gasteiger partial charge in [0, 0.05) is 31.4 Å². The number of rotatable bonds is 6. The lowest BCUT2D eigenvalue weighted by molar-refractivity contribution is -0.384. The third-order valence-corrected chi connectivity index (χ3v) is 5.21. The second kappa shape index (κ2) is 7.01. The Morgan fingerprint density at radius 1 is 1.45 bits per heavy atom. The van der Waals surface area contributed by atoms with Crippen LogP contribution >= 0.6 is 0 Å². The van der Waals surface area contributed by atoms with E-state index in [4.69, 9.17) is 0 Å². The fraction of sp³-hybridized carbons (Fsp3) is 0.615. The molecule has 0 spiro atoms. The second-order valence-electron chi connectivity index (χ2n) is 5.30. The van der Waals surface area contributed by atoms with E-state index >= 15 is 0 Å². The Morgan fingerprint density at radius 3 is 2.73 bits per heavy atom. The normalized spacial score (nSPS) is 16.7. The minimum Gasteiger partial charge on any atom is -0.351 e. The average Bonchev–Trinajstić information content (AvgIpc) is 2.47. The maximum atomic E-state index is 11.8. The fourth-order valence-electron chi connectivity index (χ4n) is 2.57. The zero-order valence-electron chi connectivity index (χ0n) is 12.4. The molecular weight excluding hydrogens is 308 g/mol. The quantitative estimate of drug-likeness (QED) is 0.623. The van der Waals surface area contributed by atoms with Crippen molar-refractivity contribution in [2.24, 2.45) is 0 Å². The van der Waals surface area contributed by atoms with Gasteiger partial charge in [0.2, 0.25) is 15.8 Å². The lowest BCUT2D eigenvalue weighted by Gasteiger charge is -2.32. The van der Waals surface area contributed by atoms with Gasteiger partial charge in [-0.2, -0.15) is 0 Å². The van der Waals surface area contributed by atoms with Gasteiger partial charge in [-0.15, -0.1) is 0 Å². The number of piperidine rings is 1. The van der Waals surface area contributed by atoms with Gasteiger partial charge in [-0.3, -0.25) is 10.1 Å². The second-order valence-corrected chi connectivity index (χ2v) is 7.17. The first-order valence-electron chi connectivity index (χ1n) is 7.27. The summed E-state index contributed by atoms with van der Waals surface area (Å²) in [6, 6.07) is 2.85. The van der Waals surface area contributed by atoms with Crippen LogP contribution in [0.25, 0.3) is 0 Å². The first kappa shape index (κ1) is 16.6. The highest BCUT2D eigenvalue weighted by Crippen LogP contribution is 2.27. The first-order chi connectivity index (χ1) is 10.4. The molecule has 0 atom stereocenters. The molecule has 0 bridgehead atoms. The predicted octanol–water partition coefficient (Wildman–Crippen LogP) is 1.29. The van der Waals surface area contributed by atoms with E-state index in [1.165, 1.54) is 18.3 Å². The maximum absolute atomic E-state index is 11.8. The lowest BCUT2D eigenvalue weighted by atomic mass is 10.1. The zero-order chi connectivity index (χ0) is 16.2. The lowest BCUT2D eigenvalue weighted by Crippen LogP contribution is -2.45. The van der Waals surface area contributed by atoms with Gasteiger partial charge in [0.05, 0.1) is 10.7 Å². The van der Waals surface area contributed by atoms with Crippen LogP contribution in [0, 0.1) is 10.1 Å². The summed E-state index contributed by atoms with van der Waals surface area (Å²) < 4.78 is 26.2. The number of anilines is 1. The van der Waals surface area contributed by atoms with Gasteiger partial charge in [-0.25, -0.2) is 18.1 Å². The number of sulfonamides is 1. The summed E-state index contributed by atoms with van der Waals surface area (Å²) in [5.74, 6) is 0.473. The maximum Gasteiger partial charge on any atom is 0.311 e. The topological polar surface area (TPSA) is 105 Å². The Kier molecular flexibility index (Phi) is 5.30. The van der Waals surface area contributed by atoms with Crippen molar-refractivity contribution in [2.45, 2.75) is 32.2 Å². The standard InChI is InChI=1S/C13H20N4O4S/c1-2-10-22(20,21)15-11-5-8-16(9-6-11)13-12(17(18)19)4-3-7-14-13/h3-4,7,11,15H,2,5-6,8-10H2,1H3. The molecule has 1 aliphatic heterocycles. The smallest absolute Gasteiger partial charge is 0.311 e. The van der Waals surface area contributed by atoms with Crippen LogP contribution in [0.2, 0.25) is 0 Å². The summed E-state index contributed by atoms with van der Waals surface area (Å²) >= 11 is 0. The average molecular weight is 328 g/mol. The van der Waals surface area contributed by atoms with E-state index in [0.29, 0.717) is 38.2 Å². The van der Waals surface area contributed by atoms with E-state index in [1.807, 2.05) is 11.8 Å². The van der Waals surface area contributed by atoms with Crippen LogP contribution in [0.15, 0.2) is 18.3 Å². The Labute approximate surface area is 129 Å². The van der Waals surface area contributed by atoms with E-state index in [9.17, 15) is 18.5 Å². The first-order valence-corrected chi connectivity index (χ1v) is 8.92. The van der Waals surface area contributed by atoms with Crippen molar-refractivity contribution >= 4 is 21.5 Å². The highest BCUT2D eigenvalue weighted by molar-refractivity contribution is 7.89. The third-order valence-electron chi connectivity index (χ3n) is 3.58. The summed E-state index contributed by atoms with van der Waals surface area (Å²) in [5, 5.41) is 11.0. The van der Waals surface area contributed by atoms with Crippen LogP contribution in [0.1, 0.15) is 26.2 Å². The number of nitrogens with zero attached hydrogens (tertiary/aromatic N) is 3. The molecule has 0 aliphatic carbocycles. The van der Waals surface area contributed by atoms with Gasteiger partial charge in [-0.05, 0) is 25.3 Å². The van der Waals surface area contributed by atoms with Crippen LogP contribution in [0.4, 0.5) is 11.5 Å². The highest BCUT2D eigenvalue weighted by atomic mass is 32.2. The molecule has 0 unspecified atom stereocenters. The molecule has 1 aliphatic rings. The van der Waals surface area contributed by atoms with E-state index in [2.05, 4.69) is 9.71 Å². The molecule has 9 heteroatoms. The fourth-order valence-corrected chi connectivity index (χ4v) is 3.96. The van der Waals surface area contributed by atoms with Gasteiger partial charge >= 0.3 is 5.69 Å². The molecule has 1 aromatic heterocycles. The van der Waals surface area contributed by atoms with Crippen LogP contribution in [0.3, 0.4) is 0 Å². The third kappa shape index (κ3) is 4.14. The van der Waals surface area contributed by atoms with E-state index < -0.39 is 14.9 Å². The molecule has 0 saturated carbocycles. The molecule has 1 N–H and O–H groups in total. The Hall–Kier alpha value is -1.74. The van der Waals surface area contributed by atoms with E-state index in [0.717, 1.165) is 0 Å². The number of nitrogens with one attached hydrogen (secondary N) is 1. The van der Waals surface area contributed by atoms with Crippen molar-refractivity contribution in [3.05, 3.63) is 28.4 Å². The largest absolute Gasteiger partial charge is 0.351 e. The van der Waals surface area contributed by atoms with E-state index in [-0.39, 0.29) is 17.5 Å². The van der Waals surface area contributed by atoms with Gasteiger partial charge < -0.3 is 4.90 Å². The van der Waals surface area contributed by atoms with Gasteiger partial charge in [0.25, 0.3) is 0 Å². The van der Waals surface area contributed by atoms with Gasteiger partial charge in [-0.1, -0.05) is 6.92 Å². The minimum atomic E-state index is -3.23. The summed E-state index contributed by atoms with van der Waals surface area (Å²) in [6.07, 6.45) is 3.32. The van der Waals surface area contributed by atoms with Gasteiger partial charge in [0.1, 0.15) is 0 Å². The molecule has 1 fully saturated rings. The zero-order valence-corrected chi connectivity index (χ0v) is 13.3. The van der Waals surface area contributed by atoms with Crippen molar-refractivity contribution in [1.82, 2.24) is 9.71 Å². The molecule has 0 aromatic carbocycles. The number of hydrogen-bond donors (Lipinski definition) is 1. The Morgan fingerprint density at radius 2 is 2.14 bits per heavy atom. The van der Waals surface area contributed by atoms with Crippen molar-refractivity contribution in [2.75, 3.05) is 23.7 Å².